The third kappa shape index (κ3) is 7.09. The largest absolute Gasteiger partial charge is 0.491 e. The smallest absolute Gasteiger partial charge is 0.119 e. The van der Waals surface area contributed by atoms with Crippen molar-refractivity contribution < 1.29 is 9.84 Å². The molecular weight excluding hydrogens is 378 g/mol. The molecule has 7 nitrogen and oxygen atoms in total. The first-order valence-electron chi connectivity index (χ1n) is 11.1. The number of hydrogen-bond donors (Lipinski definition) is 2. The summed E-state index contributed by atoms with van der Waals surface area (Å²) in [4.78, 5) is 4.76. The quantitative estimate of drug-likeness (QED) is 0.544. The van der Waals surface area contributed by atoms with E-state index in [1.165, 1.54) is 11.3 Å². The van der Waals surface area contributed by atoms with Crippen molar-refractivity contribution in [3.63, 3.8) is 0 Å². The molecule has 1 saturated heterocycles. The number of nitrogens with zero attached hydrogens (tertiary/aromatic N) is 4. The van der Waals surface area contributed by atoms with Crippen molar-refractivity contribution in [2.45, 2.75) is 40.0 Å². The second kappa shape index (κ2) is 11.5. The van der Waals surface area contributed by atoms with Crippen molar-refractivity contribution in [2.24, 2.45) is 0 Å². The van der Waals surface area contributed by atoms with Crippen LogP contribution in [0.1, 0.15) is 23.9 Å². The zero-order valence-corrected chi connectivity index (χ0v) is 18.7. The standard InChI is InChI=1S/C23H37N5O2/c1-4-26-10-12-27(13-11-26)17-22(29)18-30-23-7-5-6-21(15-23)16-24-8-9-28-20(3)14-19(2)25-28/h5-7,14-15,22,24,29H,4,8-13,16-18H2,1-3H3/t22-/m1/s1. The van der Waals surface area contributed by atoms with E-state index in [0.29, 0.717) is 13.2 Å². The number of piperazine rings is 1. The van der Waals surface area contributed by atoms with E-state index in [1.807, 2.05) is 29.8 Å². The van der Waals surface area contributed by atoms with Crippen LogP contribution in [0, 0.1) is 13.8 Å². The molecule has 1 aliphatic rings. The summed E-state index contributed by atoms with van der Waals surface area (Å²) in [5, 5.41) is 18.3. The van der Waals surface area contributed by atoms with Gasteiger partial charge in [-0.2, -0.15) is 5.10 Å². The van der Waals surface area contributed by atoms with Crippen molar-refractivity contribution in [3.05, 3.63) is 47.3 Å². The topological polar surface area (TPSA) is 65.8 Å². The van der Waals surface area contributed by atoms with Gasteiger partial charge in [-0.15, -0.1) is 0 Å². The molecule has 0 spiro atoms. The molecule has 1 atom stereocenters. The van der Waals surface area contributed by atoms with E-state index in [4.69, 9.17) is 4.74 Å². The first kappa shape index (κ1) is 22.7. The number of aryl methyl sites for hydroxylation is 2. The van der Waals surface area contributed by atoms with Gasteiger partial charge in [-0.3, -0.25) is 9.58 Å². The monoisotopic (exact) mass is 415 g/mol. The van der Waals surface area contributed by atoms with Crippen LogP contribution in [0.4, 0.5) is 0 Å². The number of aromatic nitrogens is 2. The Morgan fingerprint density at radius 3 is 2.60 bits per heavy atom. The van der Waals surface area contributed by atoms with Crippen LogP contribution in [0.15, 0.2) is 30.3 Å². The highest BCUT2D eigenvalue weighted by atomic mass is 16.5. The van der Waals surface area contributed by atoms with Gasteiger partial charge in [0.1, 0.15) is 18.5 Å². The molecule has 0 radical (unpaired) electrons. The number of ether oxygens (including phenoxy) is 1. The normalized spacial score (nSPS) is 16.7. The van der Waals surface area contributed by atoms with Gasteiger partial charge in [-0.1, -0.05) is 19.1 Å². The number of aliphatic hydroxyl groups excluding tert-OH is 1. The van der Waals surface area contributed by atoms with Crippen molar-refractivity contribution >= 4 is 0 Å². The van der Waals surface area contributed by atoms with Crippen molar-refractivity contribution in [1.29, 1.82) is 0 Å². The Hall–Kier alpha value is -1.93. The number of benzene rings is 1. The van der Waals surface area contributed by atoms with Crippen LogP contribution in [0.25, 0.3) is 0 Å². The number of nitrogens with one attached hydrogen (secondary N) is 1. The molecule has 2 N–H and O–H groups in total. The fourth-order valence-corrected chi connectivity index (χ4v) is 3.90. The maximum atomic E-state index is 10.4. The average molecular weight is 416 g/mol. The molecule has 1 aromatic heterocycles. The molecule has 0 saturated carbocycles. The maximum absolute atomic E-state index is 10.4. The summed E-state index contributed by atoms with van der Waals surface area (Å²) in [6.45, 7) is 15.1. The van der Waals surface area contributed by atoms with Crippen LogP contribution in [0.2, 0.25) is 0 Å². The molecule has 0 aliphatic carbocycles. The molecule has 1 aromatic carbocycles. The van der Waals surface area contributed by atoms with Crippen LogP contribution < -0.4 is 10.1 Å². The van der Waals surface area contributed by atoms with E-state index in [0.717, 1.165) is 63.8 Å². The highest BCUT2D eigenvalue weighted by Crippen LogP contribution is 2.14. The molecule has 7 heteroatoms. The zero-order valence-electron chi connectivity index (χ0n) is 18.7. The molecule has 166 valence electrons. The van der Waals surface area contributed by atoms with Gasteiger partial charge >= 0.3 is 0 Å². The summed E-state index contributed by atoms with van der Waals surface area (Å²) in [7, 11) is 0. The summed E-state index contributed by atoms with van der Waals surface area (Å²) in [6.07, 6.45) is -0.472. The molecule has 2 aromatic rings. The predicted molar refractivity (Wildman–Crippen MR) is 120 cm³/mol. The van der Waals surface area contributed by atoms with E-state index >= 15 is 0 Å². The maximum Gasteiger partial charge on any atom is 0.119 e. The van der Waals surface area contributed by atoms with Crippen molar-refractivity contribution in [3.8, 4) is 5.75 Å². The molecule has 3 rings (SSSR count). The Labute approximate surface area is 180 Å². The molecule has 0 bridgehead atoms. The lowest BCUT2D eigenvalue weighted by molar-refractivity contribution is 0.0471. The number of hydrogen-bond acceptors (Lipinski definition) is 6. The lowest BCUT2D eigenvalue weighted by atomic mass is 10.2. The number of β-amino-alcohol motifs (C(OH)–C–C–N with tert-alkyl or cyclic N) is 1. The third-order valence-corrected chi connectivity index (χ3v) is 5.65. The van der Waals surface area contributed by atoms with Gasteiger partial charge in [-0.25, -0.2) is 0 Å². The van der Waals surface area contributed by atoms with Crippen LogP contribution in [-0.4, -0.2) is 83.2 Å². The summed E-state index contributed by atoms with van der Waals surface area (Å²) in [5.74, 6) is 0.808. The molecule has 0 amide bonds. The molecule has 0 unspecified atom stereocenters. The van der Waals surface area contributed by atoms with Gasteiger partial charge in [0.15, 0.2) is 0 Å². The van der Waals surface area contributed by atoms with Crippen molar-refractivity contribution in [2.75, 3.05) is 52.4 Å². The van der Waals surface area contributed by atoms with Gasteiger partial charge in [0, 0.05) is 51.5 Å². The Balaban J connectivity index is 1.36. The zero-order chi connectivity index (χ0) is 21.3. The molecular formula is C23H37N5O2. The SMILES string of the molecule is CCN1CCN(C[C@@H](O)COc2cccc(CNCCn3nc(C)cc3C)c2)CC1. The first-order valence-corrected chi connectivity index (χ1v) is 11.1. The second-order valence-electron chi connectivity index (χ2n) is 8.17. The summed E-state index contributed by atoms with van der Waals surface area (Å²) in [6, 6.07) is 10.2. The van der Waals surface area contributed by atoms with Gasteiger partial charge < -0.3 is 20.1 Å². The lowest BCUT2D eigenvalue weighted by Gasteiger charge is -2.34. The minimum atomic E-state index is -0.472. The molecule has 1 aliphatic heterocycles. The van der Waals surface area contributed by atoms with E-state index in [9.17, 15) is 5.11 Å². The Bertz CT molecular complexity index is 771. The van der Waals surface area contributed by atoms with Crippen LogP contribution >= 0.6 is 0 Å². The molecule has 2 heterocycles. The Morgan fingerprint density at radius 2 is 1.90 bits per heavy atom. The van der Waals surface area contributed by atoms with E-state index in [2.05, 4.69) is 46.2 Å². The third-order valence-electron chi connectivity index (χ3n) is 5.65. The number of rotatable bonds is 11. The van der Waals surface area contributed by atoms with Gasteiger partial charge in [0.2, 0.25) is 0 Å². The fourth-order valence-electron chi connectivity index (χ4n) is 3.90. The summed E-state index contributed by atoms with van der Waals surface area (Å²) in [5.41, 5.74) is 3.42. The average Bonchev–Trinajstić information content (AvgIpc) is 3.07. The van der Waals surface area contributed by atoms with E-state index in [-0.39, 0.29) is 0 Å². The highest BCUT2D eigenvalue weighted by Gasteiger charge is 2.18. The Kier molecular flexibility index (Phi) is 8.69. The molecule has 1 fully saturated rings. The highest BCUT2D eigenvalue weighted by molar-refractivity contribution is 5.28. The van der Waals surface area contributed by atoms with Crippen LogP contribution in [-0.2, 0) is 13.1 Å². The first-order chi connectivity index (χ1) is 14.5. The summed E-state index contributed by atoms with van der Waals surface area (Å²) >= 11 is 0. The van der Waals surface area contributed by atoms with E-state index in [1.54, 1.807) is 0 Å². The fraction of sp³-hybridized carbons (Fsp3) is 0.609. The van der Waals surface area contributed by atoms with Crippen molar-refractivity contribution in [1.82, 2.24) is 24.9 Å². The number of aliphatic hydroxyl groups is 1. The Morgan fingerprint density at radius 1 is 1.13 bits per heavy atom. The van der Waals surface area contributed by atoms with Crippen LogP contribution in [0.3, 0.4) is 0 Å². The van der Waals surface area contributed by atoms with Gasteiger partial charge in [-0.05, 0) is 44.2 Å². The van der Waals surface area contributed by atoms with Crippen LogP contribution in [0.5, 0.6) is 5.75 Å². The lowest BCUT2D eigenvalue weighted by Crippen LogP contribution is -2.49. The minimum absolute atomic E-state index is 0.322. The molecule has 30 heavy (non-hydrogen) atoms. The van der Waals surface area contributed by atoms with E-state index < -0.39 is 6.10 Å². The minimum Gasteiger partial charge on any atom is -0.491 e. The summed E-state index contributed by atoms with van der Waals surface area (Å²) < 4.78 is 7.89. The van der Waals surface area contributed by atoms with Gasteiger partial charge in [0.25, 0.3) is 0 Å². The second-order valence-corrected chi connectivity index (χ2v) is 8.17. The van der Waals surface area contributed by atoms with Gasteiger partial charge in [0.05, 0.1) is 12.2 Å². The number of likely N-dealkylation sites (N-methyl/N-ethyl adjacent to an activating group) is 1. The predicted octanol–water partition coefficient (Wildman–Crippen LogP) is 1.67.